The van der Waals surface area contributed by atoms with E-state index in [0.29, 0.717) is 11.5 Å². The normalized spacial score (nSPS) is 19.5. The molecule has 0 aliphatic carbocycles. The third kappa shape index (κ3) is 1.42. The molecule has 0 aromatic heterocycles. The Morgan fingerprint density at radius 3 is 2.77 bits per heavy atom. The Morgan fingerprint density at radius 1 is 1.38 bits per heavy atom. The summed E-state index contributed by atoms with van der Waals surface area (Å²) < 4.78 is 10.6. The number of fused-ring (bicyclic) bond motifs is 1. The molecule has 0 radical (unpaired) electrons. The molecule has 0 spiro atoms. The predicted octanol–water partition coefficient (Wildman–Crippen LogP) is 0.312. The van der Waals surface area contributed by atoms with Crippen molar-refractivity contribution in [3.63, 3.8) is 0 Å². The van der Waals surface area contributed by atoms with Crippen molar-refractivity contribution in [3.05, 3.63) is 24.3 Å². The number of nitrogens with two attached hydrogens (primary N) is 1. The molecule has 2 N–H and O–H groups in total. The van der Waals surface area contributed by atoms with E-state index in [1.54, 1.807) is 12.1 Å². The molecule has 2 rings (SSSR count). The molecule has 68 valence electrons. The maximum absolute atomic E-state index is 10.8. The zero-order valence-corrected chi connectivity index (χ0v) is 6.90. The first-order chi connectivity index (χ1) is 6.27. The van der Waals surface area contributed by atoms with Gasteiger partial charge in [-0.1, -0.05) is 12.1 Å². The molecule has 1 aliphatic heterocycles. The minimum atomic E-state index is -0.671. The Bertz CT molecular complexity index is 337. The van der Waals surface area contributed by atoms with Gasteiger partial charge in [0, 0.05) is 0 Å². The fourth-order valence-corrected chi connectivity index (χ4v) is 1.16. The van der Waals surface area contributed by atoms with E-state index in [1.165, 1.54) is 0 Å². The van der Waals surface area contributed by atoms with Crippen LogP contribution in [0.1, 0.15) is 0 Å². The van der Waals surface area contributed by atoms with Crippen molar-refractivity contribution in [2.24, 2.45) is 5.73 Å². The molecule has 1 aliphatic rings. The van der Waals surface area contributed by atoms with Crippen LogP contribution >= 0.6 is 0 Å². The lowest BCUT2D eigenvalue weighted by atomic mass is 10.2. The van der Waals surface area contributed by atoms with Gasteiger partial charge < -0.3 is 15.2 Å². The summed E-state index contributed by atoms with van der Waals surface area (Å²) in [4.78, 5) is 10.8. The summed E-state index contributed by atoms with van der Waals surface area (Å²) >= 11 is 0. The Morgan fingerprint density at radius 2 is 2.08 bits per heavy atom. The third-order valence-electron chi connectivity index (χ3n) is 1.83. The number of hydrogen-bond acceptors (Lipinski definition) is 3. The molecule has 0 unspecified atom stereocenters. The molecule has 1 aromatic rings. The third-order valence-corrected chi connectivity index (χ3v) is 1.83. The molecule has 0 fully saturated rings. The number of rotatable bonds is 1. The van der Waals surface area contributed by atoms with Crippen molar-refractivity contribution in [1.29, 1.82) is 0 Å². The zero-order chi connectivity index (χ0) is 9.26. The van der Waals surface area contributed by atoms with Crippen LogP contribution in [0.25, 0.3) is 0 Å². The van der Waals surface area contributed by atoms with Crippen LogP contribution in [0.5, 0.6) is 11.5 Å². The highest BCUT2D eigenvalue weighted by Gasteiger charge is 2.24. The highest BCUT2D eigenvalue weighted by Crippen LogP contribution is 2.30. The molecule has 4 nitrogen and oxygen atoms in total. The standard InChI is InChI=1S/C9H9NO3/c10-9(11)8-5-12-6-3-1-2-4-7(6)13-8/h1-4,8H,5H2,(H2,10,11)/t8-/m1/s1. The van der Waals surface area contributed by atoms with Crippen molar-refractivity contribution in [2.75, 3.05) is 6.61 Å². The van der Waals surface area contributed by atoms with Gasteiger partial charge in [-0.3, -0.25) is 4.79 Å². The molecule has 1 amide bonds. The van der Waals surface area contributed by atoms with E-state index in [4.69, 9.17) is 15.2 Å². The van der Waals surface area contributed by atoms with Crippen LogP contribution in [0.4, 0.5) is 0 Å². The number of carbonyl (C=O) groups excluding carboxylic acids is 1. The van der Waals surface area contributed by atoms with Crippen LogP contribution in [-0.4, -0.2) is 18.6 Å². The van der Waals surface area contributed by atoms with Crippen molar-refractivity contribution in [2.45, 2.75) is 6.10 Å². The minimum absolute atomic E-state index is 0.187. The number of benzene rings is 1. The van der Waals surface area contributed by atoms with Crippen LogP contribution < -0.4 is 15.2 Å². The first-order valence-electron chi connectivity index (χ1n) is 3.95. The maximum atomic E-state index is 10.8. The Hall–Kier alpha value is -1.71. The van der Waals surface area contributed by atoms with Crippen LogP contribution in [-0.2, 0) is 4.79 Å². The van der Waals surface area contributed by atoms with Gasteiger partial charge in [-0.05, 0) is 12.1 Å². The molecular formula is C9H9NO3. The average molecular weight is 179 g/mol. The number of para-hydroxylation sites is 2. The average Bonchev–Trinajstić information content (AvgIpc) is 2.17. The van der Waals surface area contributed by atoms with Crippen molar-refractivity contribution in [1.82, 2.24) is 0 Å². The molecule has 4 heteroatoms. The summed E-state index contributed by atoms with van der Waals surface area (Å²) in [6.07, 6.45) is -0.671. The molecule has 1 aromatic carbocycles. The topological polar surface area (TPSA) is 61.6 Å². The summed E-state index contributed by atoms with van der Waals surface area (Å²) in [6, 6.07) is 7.18. The van der Waals surface area contributed by atoms with E-state index in [0.717, 1.165) is 0 Å². The second-order valence-electron chi connectivity index (χ2n) is 2.77. The SMILES string of the molecule is NC(=O)[C@H]1COc2ccccc2O1. The van der Waals surface area contributed by atoms with E-state index >= 15 is 0 Å². The number of carbonyl (C=O) groups is 1. The summed E-state index contributed by atoms with van der Waals surface area (Å²) in [5, 5.41) is 0. The highest BCUT2D eigenvalue weighted by atomic mass is 16.6. The van der Waals surface area contributed by atoms with Gasteiger partial charge in [-0.2, -0.15) is 0 Å². The lowest BCUT2D eigenvalue weighted by Crippen LogP contribution is -2.40. The Kier molecular flexibility index (Phi) is 1.81. The monoisotopic (exact) mass is 179 g/mol. The summed E-state index contributed by atoms with van der Waals surface area (Å²) in [7, 11) is 0. The van der Waals surface area contributed by atoms with Crippen molar-refractivity contribution < 1.29 is 14.3 Å². The first-order valence-corrected chi connectivity index (χ1v) is 3.95. The van der Waals surface area contributed by atoms with Gasteiger partial charge in [0.15, 0.2) is 11.5 Å². The Labute approximate surface area is 75.2 Å². The highest BCUT2D eigenvalue weighted by molar-refractivity contribution is 5.79. The van der Waals surface area contributed by atoms with Gasteiger partial charge in [0.25, 0.3) is 5.91 Å². The van der Waals surface area contributed by atoms with Gasteiger partial charge in [0.2, 0.25) is 6.10 Å². The smallest absolute Gasteiger partial charge is 0.262 e. The zero-order valence-electron chi connectivity index (χ0n) is 6.90. The molecule has 0 saturated carbocycles. The number of ether oxygens (including phenoxy) is 2. The summed E-state index contributed by atoms with van der Waals surface area (Å²) in [5.41, 5.74) is 5.08. The van der Waals surface area contributed by atoms with Gasteiger partial charge in [0.05, 0.1) is 0 Å². The lowest BCUT2D eigenvalue weighted by Gasteiger charge is -2.23. The number of hydrogen-bond donors (Lipinski definition) is 1. The fourth-order valence-electron chi connectivity index (χ4n) is 1.16. The quantitative estimate of drug-likeness (QED) is 0.675. The van der Waals surface area contributed by atoms with E-state index in [2.05, 4.69) is 0 Å². The van der Waals surface area contributed by atoms with Gasteiger partial charge in [-0.25, -0.2) is 0 Å². The molecule has 13 heavy (non-hydrogen) atoms. The second-order valence-corrected chi connectivity index (χ2v) is 2.77. The van der Waals surface area contributed by atoms with Gasteiger partial charge >= 0.3 is 0 Å². The van der Waals surface area contributed by atoms with Crippen LogP contribution in [0.3, 0.4) is 0 Å². The lowest BCUT2D eigenvalue weighted by molar-refractivity contribution is -0.127. The fraction of sp³-hybridized carbons (Fsp3) is 0.222. The van der Waals surface area contributed by atoms with Gasteiger partial charge in [-0.15, -0.1) is 0 Å². The minimum Gasteiger partial charge on any atom is -0.485 e. The van der Waals surface area contributed by atoms with Crippen LogP contribution in [0.2, 0.25) is 0 Å². The Balaban J connectivity index is 2.24. The molecule has 0 saturated heterocycles. The summed E-state index contributed by atoms with van der Waals surface area (Å²) in [6.45, 7) is 0.187. The largest absolute Gasteiger partial charge is 0.485 e. The van der Waals surface area contributed by atoms with E-state index in [9.17, 15) is 4.79 Å². The number of amides is 1. The second kappa shape index (κ2) is 2.97. The molecular weight excluding hydrogens is 170 g/mol. The molecule has 0 bridgehead atoms. The van der Waals surface area contributed by atoms with Gasteiger partial charge in [0.1, 0.15) is 6.61 Å². The van der Waals surface area contributed by atoms with E-state index in [1.807, 2.05) is 12.1 Å². The first kappa shape index (κ1) is 7.91. The van der Waals surface area contributed by atoms with E-state index in [-0.39, 0.29) is 6.61 Å². The van der Waals surface area contributed by atoms with Crippen LogP contribution in [0, 0.1) is 0 Å². The predicted molar refractivity (Wildman–Crippen MR) is 45.5 cm³/mol. The van der Waals surface area contributed by atoms with Crippen LogP contribution in [0.15, 0.2) is 24.3 Å². The summed E-state index contributed by atoms with van der Waals surface area (Å²) in [5.74, 6) is 0.715. The van der Waals surface area contributed by atoms with Crippen molar-refractivity contribution in [3.8, 4) is 11.5 Å². The molecule has 1 heterocycles. The number of primary amides is 1. The van der Waals surface area contributed by atoms with E-state index < -0.39 is 12.0 Å². The maximum Gasteiger partial charge on any atom is 0.262 e. The molecule has 1 atom stereocenters. The van der Waals surface area contributed by atoms with Crippen molar-refractivity contribution >= 4 is 5.91 Å².